The van der Waals surface area contributed by atoms with Crippen LogP contribution in [0.5, 0.6) is 0 Å². The van der Waals surface area contributed by atoms with Crippen molar-refractivity contribution >= 4 is 22.5 Å². The van der Waals surface area contributed by atoms with Gasteiger partial charge in [-0.2, -0.15) is 0 Å². The lowest BCUT2D eigenvalue weighted by Crippen LogP contribution is -2.21. The van der Waals surface area contributed by atoms with E-state index in [0.717, 1.165) is 0 Å². The summed E-state index contributed by atoms with van der Waals surface area (Å²) < 4.78 is 2.89. The zero-order chi connectivity index (χ0) is 17.6. The first kappa shape index (κ1) is 15.4. The summed E-state index contributed by atoms with van der Waals surface area (Å²) in [6.45, 7) is 1.75. The number of halogens is 1. The van der Waals surface area contributed by atoms with Crippen LogP contribution in [-0.2, 0) is 0 Å². The van der Waals surface area contributed by atoms with E-state index in [1.165, 1.54) is 15.3 Å². The van der Waals surface area contributed by atoms with Gasteiger partial charge in [0.2, 0.25) is 0 Å². The lowest BCUT2D eigenvalue weighted by Gasteiger charge is -2.09. The van der Waals surface area contributed by atoms with Crippen LogP contribution in [-0.4, -0.2) is 19.3 Å². The van der Waals surface area contributed by atoms with E-state index in [1.54, 1.807) is 55.7 Å². The molecule has 0 amide bonds. The Labute approximate surface area is 146 Å². The smallest absolute Gasteiger partial charge is 0.280 e. The van der Waals surface area contributed by atoms with Gasteiger partial charge in [-0.05, 0) is 43.3 Å². The molecule has 0 aliphatic rings. The Morgan fingerprint density at radius 3 is 2.52 bits per heavy atom. The van der Waals surface area contributed by atoms with Crippen LogP contribution in [0.25, 0.3) is 22.3 Å². The van der Waals surface area contributed by atoms with E-state index in [1.807, 2.05) is 0 Å². The number of H-pyrrole nitrogens is 1. The molecule has 7 heteroatoms. The summed E-state index contributed by atoms with van der Waals surface area (Å²) in [5.74, 6) is 0. The number of nitrogens with one attached hydrogen (secondary N) is 1. The van der Waals surface area contributed by atoms with Crippen LogP contribution in [0, 0.1) is 6.92 Å². The Morgan fingerprint density at radius 1 is 1.08 bits per heavy atom. The molecule has 3 heterocycles. The molecule has 0 atom stereocenters. The number of rotatable bonds is 2. The van der Waals surface area contributed by atoms with Gasteiger partial charge in [-0.3, -0.25) is 24.2 Å². The molecule has 0 fully saturated rings. The Morgan fingerprint density at radius 2 is 1.84 bits per heavy atom. The summed E-state index contributed by atoms with van der Waals surface area (Å²) >= 11 is 5.90. The predicted octanol–water partition coefficient (Wildman–Crippen LogP) is 2.83. The van der Waals surface area contributed by atoms with Crippen LogP contribution in [0.15, 0.2) is 64.4 Å². The third kappa shape index (κ3) is 2.47. The molecular formula is C18H13ClN4O2. The molecular weight excluding hydrogens is 340 g/mol. The first-order valence-corrected chi connectivity index (χ1v) is 7.98. The fourth-order valence-electron chi connectivity index (χ4n) is 2.95. The highest BCUT2D eigenvalue weighted by molar-refractivity contribution is 6.30. The van der Waals surface area contributed by atoms with Gasteiger partial charge in [0.05, 0.1) is 28.5 Å². The highest BCUT2D eigenvalue weighted by Gasteiger charge is 2.16. The predicted molar refractivity (Wildman–Crippen MR) is 97.0 cm³/mol. The first-order valence-electron chi connectivity index (χ1n) is 7.60. The van der Waals surface area contributed by atoms with Gasteiger partial charge in [0.1, 0.15) is 0 Å². The largest absolute Gasteiger partial charge is 0.290 e. The highest BCUT2D eigenvalue weighted by atomic mass is 35.5. The van der Waals surface area contributed by atoms with E-state index in [-0.39, 0.29) is 11.1 Å². The van der Waals surface area contributed by atoms with Crippen molar-refractivity contribution < 1.29 is 0 Å². The molecule has 0 saturated heterocycles. The molecule has 4 aromatic rings. The Hall–Kier alpha value is -3.12. The minimum Gasteiger partial charge on any atom is -0.290 e. The van der Waals surface area contributed by atoms with E-state index >= 15 is 0 Å². The van der Waals surface area contributed by atoms with Gasteiger partial charge in [-0.25, -0.2) is 4.68 Å². The van der Waals surface area contributed by atoms with E-state index in [2.05, 4.69) is 10.1 Å². The molecule has 4 rings (SSSR count). The minimum absolute atomic E-state index is 0.229. The molecule has 1 N–H and O–H groups in total. The van der Waals surface area contributed by atoms with Crippen LogP contribution in [0.4, 0.5) is 0 Å². The standard InChI is InChI=1S/C18H13ClN4O2/c1-11-17-15(9-16(24)22(11)14-3-2-8-20-10-14)21-23(18(17)25)13-6-4-12(19)5-7-13/h2-10,21H,1H3. The summed E-state index contributed by atoms with van der Waals surface area (Å²) in [4.78, 5) is 29.5. The van der Waals surface area contributed by atoms with Crippen molar-refractivity contribution in [1.82, 2.24) is 19.3 Å². The number of aryl methyl sites for hydroxylation is 1. The van der Waals surface area contributed by atoms with Gasteiger partial charge in [0.15, 0.2) is 0 Å². The number of aromatic amines is 1. The molecule has 124 valence electrons. The van der Waals surface area contributed by atoms with Gasteiger partial charge >= 0.3 is 0 Å². The normalized spacial score (nSPS) is 11.1. The zero-order valence-corrected chi connectivity index (χ0v) is 14.0. The molecule has 0 aliphatic heterocycles. The average molecular weight is 353 g/mol. The summed E-state index contributed by atoms with van der Waals surface area (Å²) in [6, 6.07) is 11.8. The number of pyridine rings is 2. The van der Waals surface area contributed by atoms with Crippen molar-refractivity contribution in [2.45, 2.75) is 6.92 Å². The van der Waals surface area contributed by atoms with Gasteiger partial charge in [-0.15, -0.1) is 0 Å². The van der Waals surface area contributed by atoms with Gasteiger partial charge in [-0.1, -0.05) is 11.6 Å². The van der Waals surface area contributed by atoms with Crippen LogP contribution >= 0.6 is 11.6 Å². The maximum Gasteiger partial charge on any atom is 0.280 e. The second-order valence-electron chi connectivity index (χ2n) is 5.63. The Kier molecular flexibility index (Phi) is 3.54. The SMILES string of the molecule is Cc1c2c(=O)n(-c3ccc(Cl)cc3)[nH]c2cc(=O)n1-c1cccnc1. The van der Waals surface area contributed by atoms with Crippen LogP contribution in [0.3, 0.4) is 0 Å². The summed E-state index contributed by atoms with van der Waals surface area (Å²) in [6.07, 6.45) is 3.22. The monoisotopic (exact) mass is 352 g/mol. The number of benzene rings is 1. The van der Waals surface area contributed by atoms with Crippen molar-refractivity contribution in [3.8, 4) is 11.4 Å². The first-order chi connectivity index (χ1) is 12.1. The molecule has 25 heavy (non-hydrogen) atoms. The summed E-state index contributed by atoms with van der Waals surface area (Å²) in [5, 5.41) is 4.03. The second-order valence-corrected chi connectivity index (χ2v) is 6.07. The number of fused-ring (bicyclic) bond motifs is 1. The Bertz CT molecular complexity index is 1190. The van der Waals surface area contributed by atoms with E-state index < -0.39 is 0 Å². The van der Waals surface area contributed by atoms with Gasteiger partial charge in [0.25, 0.3) is 11.1 Å². The third-order valence-electron chi connectivity index (χ3n) is 4.09. The number of aromatic nitrogens is 4. The molecule has 0 unspecified atom stereocenters. The highest BCUT2D eigenvalue weighted by Crippen LogP contribution is 2.17. The molecule has 0 saturated carbocycles. The minimum atomic E-state index is -0.234. The van der Waals surface area contributed by atoms with Crippen LogP contribution in [0.2, 0.25) is 5.02 Å². The molecule has 6 nitrogen and oxygen atoms in total. The quantitative estimate of drug-likeness (QED) is 0.603. The molecule has 0 radical (unpaired) electrons. The maximum atomic E-state index is 12.9. The summed E-state index contributed by atoms with van der Waals surface area (Å²) in [5.41, 5.74) is 1.85. The van der Waals surface area contributed by atoms with Crippen molar-refractivity contribution in [3.63, 3.8) is 0 Å². The van der Waals surface area contributed by atoms with E-state index in [4.69, 9.17) is 11.6 Å². The Balaban J connectivity index is 2.02. The molecule has 0 spiro atoms. The average Bonchev–Trinajstić information content (AvgIpc) is 2.93. The van der Waals surface area contributed by atoms with Crippen molar-refractivity contribution in [2.24, 2.45) is 0 Å². The maximum absolute atomic E-state index is 12.9. The van der Waals surface area contributed by atoms with Crippen molar-refractivity contribution in [1.29, 1.82) is 0 Å². The summed E-state index contributed by atoms with van der Waals surface area (Å²) in [7, 11) is 0. The van der Waals surface area contributed by atoms with E-state index in [0.29, 0.717) is 33.0 Å². The van der Waals surface area contributed by atoms with Gasteiger partial charge in [0, 0.05) is 23.0 Å². The number of hydrogen-bond donors (Lipinski definition) is 1. The molecule has 1 aromatic carbocycles. The van der Waals surface area contributed by atoms with Crippen LogP contribution < -0.4 is 11.1 Å². The lowest BCUT2D eigenvalue weighted by atomic mass is 10.2. The topological polar surface area (TPSA) is 72.7 Å². The molecule has 3 aromatic heterocycles. The second kappa shape index (κ2) is 5.75. The van der Waals surface area contributed by atoms with Gasteiger partial charge < -0.3 is 0 Å². The van der Waals surface area contributed by atoms with Crippen molar-refractivity contribution in [2.75, 3.05) is 0 Å². The molecule has 0 aliphatic carbocycles. The van der Waals surface area contributed by atoms with Crippen LogP contribution in [0.1, 0.15) is 5.69 Å². The number of hydrogen-bond acceptors (Lipinski definition) is 3. The third-order valence-corrected chi connectivity index (χ3v) is 4.34. The van der Waals surface area contributed by atoms with Crippen molar-refractivity contribution in [3.05, 3.63) is 86.3 Å². The zero-order valence-electron chi connectivity index (χ0n) is 13.2. The lowest BCUT2D eigenvalue weighted by molar-refractivity contribution is 0.863. The fourth-order valence-corrected chi connectivity index (χ4v) is 3.08. The fraction of sp³-hybridized carbons (Fsp3) is 0.0556. The van der Waals surface area contributed by atoms with E-state index in [9.17, 15) is 9.59 Å². The molecule has 0 bridgehead atoms. The number of nitrogens with zero attached hydrogens (tertiary/aromatic N) is 3.